The first-order valence-electron chi connectivity index (χ1n) is 5.97. The number of ether oxygens (including phenoxy) is 1. The van der Waals surface area contributed by atoms with Crippen LogP contribution in [0.1, 0.15) is 12.5 Å². The van der Waals surface area contributed by atoms with E-state index >= 15 is 0 Å². The lowest BCUT2D eigenvalue weighted by atomic mass is 10.1. The Balaban J connectivity index is 2.24. The van der Waals surface area contributed by atoms with Crippen LogP contribution in [0.5, 0.6) is 5.75 Å². The van der Waals surface area contributed by atoms with Crippen LogP contribution in [0.15, 0.2) is 24.3 Å². The molecule has 0 saturated heterocycles. The van der Waals surface area contributed by atoms with Crippen molar-refractivity contribution in [1.29, 1.82) is 0 Å². The maximum Gasteiger partial charge on any atom is 0.441 e. The zero-order valence-corrected chi connectivity index (χ0v) is 11.8. The zero-order valence-electron chi connectivity index (χ0n) is 11.0. The maximum atomic E-state index is 11.9. The number of thioether (sulfide) groups is 1. The van der Waals surface area contributed by atoms with Gasteiger partial charge in [-0.05, 0) is 42.8 Å². The van der Waals surface area contributed by atoms with Gasteiger partial charge in [0.25, 0.3) is 0 Å². The normalized spacial score (nSPS) is 13.3. The third-order valence-corrected chi connectivity index (χ3v) is 3.30. The quantitative estimate of drug-likeness (QED) is 0.778. The summed E-state index contributed by atoms with van der Waals surface area (Å²) in [5.41, 5.74) is -3.01. The van der Waals surface area contributed by atoms with E-state index in [0.717, 1.165) is 17.7 Å². The lowest BCUT2D eigenvalue weighted by Gasteiger charge is -2.14. The van der Waals surface area contributed by atoms with Crippen LogP contribution >= 0.6 is 11.8 Å². The van der Waals surface area contributed by atoms with Crippen molar-refractivity contribution in [1.82, 2.24) is 5.32 Å². The smallest absolute Gasteiger partial charge is 0.441 e. The summed E-state index contributed by atoms with van der Waals surface area (Å²) in [6.07, 6.45) is 0.778. The Hall–Kier alpha value is -0.880. The molecular formula is C13H18F3NOS. The summed E-state index contributed by atoms with van der Waals surface area (Å²) in [4.78, 5) is 0. The van der Waals surface area contributed by atoms with Crippen LogP contribution in [-0.2, 0) is 6.42 Å². The number of rotatable bonds is 7. The zero-order chi connectivity index (χ0) is 14.3. The van der Waals surface area contributed by atoms with E-state index in [2.05, 4.69) is 5.32 Å². The number of methoxy groups -OCH3 is 1. The van der Waals surface area contributed by atoms with Gasteiger partial charge in [-0.25, -0.2) is 0 Å². The summed E-state index contributed by atoms with van der Waals surface area (Å²) in [5.74, 6) is 0.835. The van der Waals surface area contributed by atoms with Gasteiger partial charge >= 0.3 is 5.51 Å². The third kappa shape index (κ3) is 7.32. The molecule has 6 heteroatoms. The van der Waals surface area contributed by atoms with E-state index in [-0.39, 0.29) is 23.6 Å². The molecule has 0 aromatic heterocycles. The summed E-state index contributed by atoms with van der Waals surface area (Å²) in [5, 5.41) is 3.08. The molecule has 0 bridgehead atoms. The highest BCUT2D eigenvalue weighted by Gasteiger charge is 2.27. The fraction of sp³-hybridized carbons (Fsp3) is 0.538. The molecule has 0 heterocycles. The third-order valence-electron chi connectivity index (χ3n) is 2.56. The van der Waals surface area contributed by atoms with Gasteiger partial charge < -0.3 is 10.1 Å². The predicted molar refractivity (Wildman–Crippen MR) is 72.7 cm³/mol. The van der Waals surface area contributed by atoms with Gasteiger partial charge in [0.2, 0.25) is 0 Å². The minimum atomic E-state index is -4.14. The van der Waals surface area contributed by atoms with Crippen molar-refractivity contribution < 1.29 is 17.9 Å². The number of nitrogens with one attached hydrogen (secondary N) is 1. The van der Waals surface area contributed by atoms with Gasteiger partial charge in [-0.15, -0.1) is 0 Å². The highest BCUT2D eigenvalue weighted by molar-refractivity contribution is 8.00. The topological polar surface area (TPSA) is 21.3 Å². The number of hydrogen-bond donors (Lipinski definition) is 1. The number of hydrogen-bond acceptors (Lipinski definition) is 3. The van der Waals surface area contributed by atoms with Gasteiger partial charge in [0.15, 0.2) is 0 Å². The van der Waals surface area contributed by atoms with Gasteiger partial charge in [-0.3, -0.25) is 0 Å². The van der Waals surface area contributed by atoms with E-state index < -0.39 is 5.51 Å². The Morgan fingerprint density at radius 3 is 2.42 bits per heavy atom. The largest absolute Gasteiger partial charge is 0.497 e. The van der Waals surface area contributed by atoms with E-state index in [1.807, 2.05) is 31.2 Å². The first-order chi connectivity index (χ1) is 8.90. The molecule has 0 saturated carbocycles. The molecule has 0 aliphatic carbocycles. The van der Waals surface area contributed by atoms with Gasteiger partial charge in [-0.2, -0.15) is 13.2 Å². The van der Waals surface area contributed by atoms with Gasteiger partial charge in [0.1, 0.15) is 5.75 Å². The summed E-state index contributed by atoms with van der Waals surface area (Å²) in [6, 6.07) is 7.81. The molecule has 0 aliphatic rings. The van der Waals surface area contributed by atoms with E-state index in [0.29, 0.717) is 6.54 Å². The Kier molecular flexibility index (Phi) is 6.51. The molecule has 19 heavy (non-hydrogen) atoms. The van der Waals surface area contributed by atoms with Crippen molar-refractivity contribution in [3.63, 3.8) is 0 Å². The lowest BCUT2D eigenvalue weighted by molar-refractivity contribution is -0.0327. The SMILES string of the molecule is COc1ccc(CC(C)NCCSC(F)(F)F)cc1. The molecule has 0 fully saturated rings. The number of alkyl halides is 3. The van der Waals surface area contributed by atoms with Gasteiger partial charge in [0.05, 0.1) is 7.11 Å². The maximum absolute atomic E-state index is 11.9. The average Bonchev–Trinajstić information content (AvgIpc) is 2.34. The van der Waals surface area contributed by atoms with Crippen LogP contribution in [0, 0.1) is 0 Å². The second kappa shape index (κ2) is 7.65. The summed E-state index contributed by atoms with van der Waals surface area (Å²) in [7, 11) is 1.61. The number of halogens is 3. The van der Waals surface area contributed by atoms with Crippen molar-refractivity contribution in [2.75, 3.05) is 19.4 Å². The average molecular weight is 293 g/mol. The molecule has 1 aromatic rings. The van der Waals surface area contributed by atoms with Crippen LogP contribution in [0.3, 0.4) is 0 Å². The van der Waals surface area contributed by atoms with Crippen LogP contribution in [0.4, 0.5) is 13.2 Å². The standard InChI is InChI=1S/C13H18F3NOS/c1-10(17-7-8-19-13(14,15)16)9-11-3-5-12(18-2)6-4-11/h3-6,10,17H,7-9H2,1-2H3. The molecule has 1 atom stereocenters. The number of benzene rings is 1. The van der Waals surface area contributed by atoms with Crippen LogP contribution in [-0.4, -0.2) is 31.0 Å². The molecule has 2 nitrogen and oxygen atoms in total. The Morgan fingerprint density at radius 1 is 1.26 bits per heavy atom. The van der Waals surface area contributed by atoms with Crippen LogP contribution < -0.4 is 10.1 Å². The molecule has 0 radical (unpaired) electrons. The minimum Gasteiger partial charge on any atom is -0.497 e. The second-order valence-corrected chi connectivity index (χ2v) is 5.36. The lowest BCUT2D eigenvalue weighted by Crippen LogP contribution is -2.30. The van der Waals surface area contributed by atoms with E-state index in [1.54, 1.807) is 7.11 Å². The first kappa shape index (κ1) is 16.2. The van der Waals surface area contributed by atoms with Crippen molar-refractivity contribution in [3.8, 4) is 5.75 Å². The predicted octanol–water partition coefficient (Wildman–Crippen LogP) is 3.47. The first-order valence-corrected chi connectivity index (χ1v) is 6.96. The molecule has 0 aliphatic heterocycles. The fourth-order valence-electron chi connectivity index (χ4n) is 1.66. The Morgan fingerprint density at radius 2 is 1.89 bits per heavy atom. The van der Waals surface area contributed by atoms with Gasteiger partial charge in [-0.1, -0.05) is 12.1 Å². The summed E-state index contributed by atoms with van der Waals surface area (Å²) < 4.78 is 40.8. The molecule has 1 N–H and O–H groups in total. The molecule has 1 unspecified atom stereocenters. The van der Waals surface area contributed by atoms with E-state index in [9.17, 15) is 13.2 Å². The van der Waals surface area contributed by atoms with E-state index in [4.69, 9.17) is 4.74 Å². The molecule has 1 rings (SSSR count). The molecule has 0 spiro atoms. The molecule has 1 aromatic carbocycles. The minimum absolute atomic E-state index is 0.00776. The van der Waals surface area contributed by atoms with Crippen molar-refractivity contribution in [3.05, 3.63) is 29.8 Å². The monoisotopic (exact) mass is 293 g/mol. The molecule has 0 amide bonds. The highest BCUT2D eigenvalue weighted by atomic mass is 32.2. The summed E-state index contributed by atoms with van der Waals surface area (Å²) in [6.45, 7) is 2.31. The Labute approximate surface area is 115 Å². The van der Waals surface area contributed by atoms with Crippen LogP contribution in [0.2, 0.25) is 0 Å². The van der Waals surface area contributed by atoms with Crippen LogP contribution in [0.25, 0.3) is 0 Å². The fourth-order valence-corrected chi connectivity index (χ4v) is 2.11. The van der Waals surface area contributed by atoms with Crippen molar-refractivity contribution in [2.24, 2.45) is 0 Å². The Bertz CT molecular complexity index is 367. The highest BCUT2D eigenvalue weighted by Crippen LogP contribution is 2.29. The van der Waals surface area contributed by atoms with Crippen molar-refractivity contribution >= 4 is 11.8 Å². The summed E-state index contributed by atoms with van der Waals surface area (Å²) >= 11 is 0.00776. The molecule has 108 valence electrons. The van der Waals surface area contributed by atoms with Gasteiger partial charge in [0, 0.05) is 18.3 Å². The van der Waals surface area contributed by atoms with Crippen molar-refractivity contribution in [2.45, 2.75) is 24.9 Å². The second-order valence-electron chi connectivity index (χ2n) is 4.20. The van der Waals surface area contributed by atoms with E-state index in [1.165, 1.54) is 0 Å². The molecular weight excluding hydrogens is 275 g/mol.